The van der Waals surface area contributed by atoms with Crippen molar-refractivity contribution in [3.8, 4) is 33.3 Å². The highest BCUT2D eigenvalue weighted by atomic mass is 32.1. The van der Waals surface area contributed by atoms with Crippen molar-refractivity contribution < 1.29 is 19.1 Å². The summed E-state index contributed by atoms with van der Waals surface area (Å²) in [6, 6.07) is 21.9. The molecule has 0 bridgehead atoms. The molecule has 2 heterocycles. The Morgan fingerprint density at radius 1 is 1.09 bits per heavy atom. The number of fused-ring (bicyclic) bond motifs is 1. The Hall–Kier alpha value is -4.17. The summed E-state index contributed by atoms with van der Waals surface area (Å²) in [6.07, 6.45) is 0. The molecule has 1 aliphatic rings. The van der Waals surface area contributed by atoms with Gasteiger partial charge in [0.15, 0.2) is 6.61 Å². The maximum atomic E-state index is 13.1. The summed E-state index contributed by atoms with van der Waals surface area (Å²) in [5.41, 5.74) is 3.75. The summed E-state index contributed by atoms with van der Waals surface area (Å²) in [5, 5.41) is 5.76. The molecule has 8 heteroatoms. The molecular weight excluding hydrogens is 462 g/mol. The highest BCUT2D eigenvalue weighted by molar-refractivity contribution is 7.13. The number of hydrogen-bond donors (Lipinski definition) is 1. The van der Waals surface area contributed by atoms with Gasteiger partial charge in [0.1, 0.15) is 22.5 Å². The Balaban J connectivity index is 1.44. The van der Waals surface area contributed by atoms with Crippen LogP contribution in [-0.4, -0.2) is 36.6 Å². The molecule has 1 aromatic heterocycles. The molecule has 1 aliphatic heterocycles. The van der Waals surface area contributed by atoms with Gasteiger partial charge in [-0.1, -0.05) is 42.5 Å². The number of para-hydroxylation sites is 2. The van der Waals surface area contributed by atoms with Crippen molar-refractivity contribution in [1.82, 2.24) is 4.98 Å². The van der Waals surface area contributed by atoms with Gasteiger partial charge < -0.3 is 14.8 Å². The van der Waals surface area contributed by atoms with Gasteiger partial charge in [-0.05, 0) is 37.3 Å². The average Bonchev–Trinajstić information content (AvgIpc) is 3.39. The lowest BCUT2D eigenvalue weighted by molar-refractivity contribution is -0.125. The number of benzene rings is 3. The highest BCUT2D eigenvalue weighted by Crippen LogP contribution is 2.38. The van der Waals surface area contributed by atoms with Crippen molar-refractivity contribution in [3.63, 3.8) is 0 Å². The zero-order valence-corrected chi connectivity index (χ0v) is 20.0. The lowest BCUT2D eigenvalue weighted by Gasteiger charge is -2.33. The number of nitrogens with zero attached hydrogens (tertiary/aromatic N) is 2. The fourth-order valence-corrected chi connectivity index (χ4v) is 4.81. The predicted octanol–water partition coefficient (Wildman–Crippen LogP) is 5.24. The van der Waals surface area contributed by atoms with Gasteiger partial charge in [0.25, 0.3) is 5.91 Å². The summed E-state index contributed by atoms with van der Waals surface area (Å²) >= 11 is 1.55. The summed E-state index contributed by atoms with van der Waals surface area (Å²) < 4.78 is 11.0. The van der Waals surface area contributed by atoms with E-state index >= 15 is 0 Å². The Morgan fingerprint density at radius 2 is 1.86 bits per heavy atom. The molecule has 3 aromatic carbocycles. The second-order valence-electron chi connectivity index (χ2n) is 8.00. The van der Waals surface area contributed by atoms with E-state index < -0.39 is 6.04 Å². The normalized spacial score (nSPS) is 13.5. The first-order valence-electron chi connectivity index (χ1n) is 11.1. The molecule has 0 saturated heterocycles. The number of amides is 2. The number of methoxy groups -OCH3 is 1. The topological polar surface area (TPSA) is 80.8 Å². The minimum absolute atomic E-state index is 0.131. The van der Waals surface area contributed by atoms with E-state index in [9.17, 15) is 9.59 Å². The number of rotatable bonds is 6. The lowest BCUT2D eigenvalue weighted by atomic mass is 10.1. The van der Waals surface area contributed by atoms with Crippen molar-refractivity contribution in [2.24, 2.45) is 0 Å². The Labute approximate surface area is 207 Å². The SMILES string of the molecule is COc1ccccc1NC(=O)C(C)N1C(=O)COc2ccc(-c3csc(-c4ccccc4)n3)cc21. The molecule has 4 aromatic rings. The van der Waals surface area contributed by atoms with Crippen LogP contribution >= 0.6 is 11.3 Å². The quantitative estimate of drug-likeness (QED) is 0.404. The number of hydrogen-bond acceptors (Lipinski definition) is 6. The standard InChI is InChI=1S/C27H23N3O4S/c1-17(26(32)28-20-10-6-7-11-23(20)33-2)30-22-14-19(12-13-24(22)34-15-25(30)31)21-16-35-27(29-21)18-8-4-3-5-9-18/h3-14,16-17H,15H2,1-2H3,(H,28,32). The van der Waals surface area contributed by atoms with Crippen LogP contribution in [0.5, 0.6) is 11.5 Å². The monoisotopic (exact) mass is 485 g/mol. The maximum absolute atomic E-state index is 13.1. The van der Waals surface area contributed by atoms with Crippen molar-refractivity contribution in [2.75, 3.05) is 23.9 Å². The zero-order valence-electron chi connectivity index (χ0n) is 19.2. The van der Waals surface area contributed by atoms with E-state index in [-0.39, 0.29) is 18.4 Å². The molecule has 1 atom stereocenters. The van der Waals surface area contributed by atoms with Gasteiger partial charge in [0, 0.05) is 16.5 Å². The summed E-state index contributed by atoms with van der Waals surface area (Å²) in [5.74, 6) is 0.465. The lowest BCUT2D eigenvalue weighted by Crippen LogP contribution is -2.49. The molecule has 7 nitrogen and oxygen atoms in total. The predicted molar refractivity (Wildman–Crippen MR) is 137 cm³/mol. The van der Waals surface area contributed by atoms with Crippen LogP contribution in [0.2, 0.25) is 0 Å². The molecule has 1 unspecified atom stereocenters. The van der Waals surface area contributed by atoms with Crippen molar-refractivity contribution >= 4 is 34.5 Å². The number of nitrogens with one attached hydrogen (secondary N) is 1. The third kappa shape index (κ3) is 4.48. The van der Waals surface area contributed by atoms with Crippen LogP contribution in [0.25, 0.3) is 21.8 Å². The van der Waals surface area contributed by atoms with E-state index in [0.717, 1.165) is 21.8 Å². The van der Waals surface area contributed by atoms with Crippen molar-refractivity contribution in [1.29, 1.82) is 0 Å². The van der Waals surface area contributed by atoms with Crippen LogP contribution < -0.4 is 19.7 Å². The fraction of sp³-hybridized carbons (Fsp3) is 0.148. The molecule has 1 N–H and O–H groups in total. The summed E-state index contributed by atoms with van der Waals surface area (Å²) in [6.45, 7) is 1.56. The number of anilines is 2. The Kier molecular flexibility index (Phi) is 6.20. The van der Waals surface area contributed by atoms with E-state index in [1.54, 1.807) is 37.5 Å². The molecule has 0 saturated carbocycles. The second kappa shape index (κ2) is 9.60. The smallest absolute Gasteiger partial charge is 0.265 e. The van der Waals surface area contributed by atoms with E-state index in [0.29, 0.717) is 22.9 Å². The van der Waals surface area contributed by atoms with Crippen LogP contribution in [0.1, 0.15) is 6.92 Å². The number of aromatic nitrogens is 1. The number of ether oxygens (including phenoxy) is 2. The van der Waals surface area contributed by atoms with Crippen LogP contribution in [0.3, 0.4) is 0 Å². The first-order chi connectivity index (χ1) is 17.0. The molecular formula is C27H23N3O4S. The minimum atomic E-state index is -0.777. The fourth-order valence-electron chi connectivity index (χ4n) is 3.98. The van der Waals surface area contributed by atoms with Crippen molar-refractivity contribution in [2.45, 2.75) is 13.0 Å². The molecule has 0 aliphatic carbocycles. The van der Waals surface area contributed by atoms with Crippen LogP contribution in [0.4, 0.5) is 11.4 Å². The largest absolute Gasteiger partial charge is 0.495 e. The van der Waals surface area contributed by atoms with Gasteiger partial charge >= 0.3 is 0 Å². The maximum Gasteiger partial charge on any atom is 0.265 e. The molecule has 2 amide bonds. The van der Waals surface area contributed by atoms with Crippen LogP contribution in [0, 0.1) is 0 Å². The van der Waals surface area contributed by atoms with E-state index in [1.165, 1.54) is 4.90 Å². The molecule has 0 spiro atoms. The van der Waals surface area contributed by atoms with Gasteiger partial charge in [0.05, 0.1) is 24.2 Å². The minimum Gasteiger partial charge on any atom is -0.495 e. The summed E-state index contributed by atoms with van der Waals surface area (Å²) in [4.78, 5) is 32.3. The zero-order chi connectivity index (χ0) is 24.4. The van der Waals surface area contributed by atoms with Crippen molar-refractivity contribution in [3.05, 3.63) is 78.2 Å². The van der Waals surface area contributed by atoms with E-state index in [4.69, 9.17) is 14.5 Å². The molecule has 35 heavy (non-hydrogen) atoms. The highest BCUT2D eigenvalue weighted by Gasteiger charge is 2.33. The number of thiazole rings is 1. The van der Waals surface area contributed by atoms with Gasteiger partial charge in [-0.2, -0.15) is 0 Å². The average molecular weight is 486 g/mol. The Morgan fingerprint density at radius 3 is 2.66 bits per heavy atom. The van der Waals surface area contributed by atoms with Gasteiger partial charge in [0.2, 0.25) is 5.91 Å². The number of carbonyl (C=O) groups is 2. The van der Waals surface area contributed by atoms with Crippen LogP contribution in [0.15, 0.2) is 78.2 Å². The first-order valence-corrected chi connectivity index (χ1v) is 12.0. The summed E-state index contributed by atoms with van der Waals surface area (Å²) in [7, 11) is 1.54. The molecule has 176 valence electrons. The third-order valence-corrected chi connectivity index (χ3v) is 6.68. The van der Waals surface area contributed by atoms with E-state index in [1.807, 2.05) is 66.0 Å². The van der Waals surface area contributed by atoms with Gasteiger partial charge in [-0.3, -0.25) is 14.5 Å². The van der Waals surface area contributed by atoms with E-state index in [2.05, 4.69) is 5.32 Å². The third-order valence-electron chi connectivity index (χ3n) is 5.79. The molecule has 5 rings (SSSR count). The van der Waals surface area contributed by atoms with Gasteiger partial charge in [-0.15, -0.1) is 11.3 Å². The molecule has 0 radical (unpaired) electrons. The van der Waals surface area contributed by atoms with Gasteiger partial charge in [-0.25, -0.2) is 4.98 Å². The number of carbonyl (C=O) groups excluding carboxylic acids is 2. The first kappa shape index (κ1) is 22.6. The second-order valence-corrected chi connectivity index (χ2v) is 8.86. The Bertz CT molecular complexity index is 1390. The van der Waals surface area contributed by atoms with Crippen LogP contribution in [-0.2, 0) is 9.59 Å². The molecule has 0 fully saturated rings.